The van der Waals surface area contributed by atoms with E-state index in [0.29, 0.717) is 5.56 Å². The summed E-state index contributed by atoms with van der Waals surface area (Å²) >= 11 is 0. The first-order valence-corrected chi connectivity index (χ1v) is 8.71. The summed E-state index contributed by atoms with van der Waals surface area (Å²) < 4.78 is 47.4. The molecule has 6 nitrogen and oxygen atoms in total. The number of carbonyl (C=O) groups is 2. The van der Waals surface area contributed by atoms with E-state index in [-0.39, 0.29) is 18.8 Å². The van der Waals surface area contributed by atoms with E-state index in [4.69, 9.17) is 5.11 Å². The van der Waals surface area contributed by atoms with Crippen LogP contribution in [0.2, 0.25) is 0 Å². The van der Waals surface area contributed by atoms with Gasteiger partial charge in [-0.3, -0.25) is 4.79 Å². The molecule has 0 radical (unpaired) electrons. The number of benzene rings is 1. The van der Waals surface area contributed by atoms with Gasteiger partial charge in [0.25, 0.3) is 0 Å². The summed E-state index contributed by atoms with van der Waals surface area (Å²) in [5.74, 6) is -5.13. The fraction of sp³-hybridized carbons (Fsp3) is 0.467. The van der Waals surface area contributed by atoms with Gasteiger partial charge in [0.15, 0.2) is 0 Å². The SMILES string of the molecule is CC(C)C[C@H](NC(=O)Cc1ccc(S(=O)(=O)C(F)F)cc1)C(=O)O. The van der Waals surface area contributed by atoms with Crippen molar-refractivity contribution in [2.45, 2.75) is 43.4 Å². The predicted molar refractivity (Wildman–Crippen MR) is 82.4 cm³/mol. The van der Waals surface area contributed by atoms with Crippen LogP contribution in [0.5, 0.6) is 0 Å². The van der Waals surface area contributed by atoms with Gasteiger partial charge in [0.2, 0.25) is 15.7 Å². The zero-order chi connectivity index (χ0) is 18.5. The van der Waals surface area contributed by atoms with Crippen molar-refractivity contribution in [3.63, 3.8) is 0 Å². The number of sulfone groups is 1. The van der Waals surface area contributed by atoms with Crippen LogP contribution in [-0.4, -0.2) is 37.2 Å². The minimum atomic E-state index is -4.68. The summed E-state index contributed by atoms with van der Waals surface area (Å²) in [7, 11) is -4.68. The molecule has 1 rings (SSSR count). The molecule has 2 N–H and O–H groups in total. The van der Waals surface area contributed by atoms with Crippen LogP contribution >= 0.6 is 0 Å². The normalized spacial score (nSPS) is 13.1. The van der Waals surface area contributed by atoms with E-state index in [2.05, 4.69) is 5.32 Å². The molecule has 0 spiro atoms. The van der Waals surface area contributed by atoms with Crippen molar-refractivity contribution < 1.29 is 31.9 Å². The summed E-state index contributed by atoms with van der Waals surface area (Å²) in [4.78, 5) is 22.4. The summed E-state index contributed by atoms with van der Waals surface area (Å²) in [6, 6.07) is 3.45. The number of aliphatic carboxylic acids is 1. The highest BCUT2D eigenvalue weighted by atomic mass is 32.2. The molecule has 1 aromatic rings. The van der Waals surface area contributed by atoms with E-state index in [0.717, 1.165) is 12.1 Å². The molecular weight excluding hydrogens is 344 g/mol. The van der Waals surface area contributed by atoms with Crippen LogP contribution in [0.25, 0.3) is 0 Å². The quantitative estimate of drug-likeness (QED) is 0.734. The van der Waals surface area contributed by atoms with Gasteiger partial charge < -0.3 is 10.4 Å². The van der Waals surface area contributed by atoms with Crippen LogP contribution < -0.4 is 5.32 Å². The minimum Gasteiger partial charge on any atom is -0.480 e. The molecule has 134 valence electrons. The van der Waals surface area contributed by atoms with E-state index in [1.807, 2.05) is 13.8 Å². The molecule has 9 heteroatoms. The highest BCUT2D eigenvalue weighted by Crippen LogP contribution is 2.18. The molecule has 1 aromatic carbocycles. The number of hydrogen-bond acceptors (Lipinski definition) is 4. The van der Waals surface area contributed by atoms with E-state index in [9.17, 15) is 26.8 Å². The third-order valence-electron chi connectivity index (χ3n) is 3.19. The topological polar surface area (TPSA) is 101 Å². The molecule has 0 aromatic heterocycles. The van der Waals surface area contributed by atoms with Crippen molar-refractivity contribution >= 4 is 21.7 Å². The van der Waals surface area contributed by atoms with E-state index < -0.39 is 38.4 Å². The van der Waals surface area contributed by atoms with E-state index in [1.165, 1.54) is 12.1 Å². The highest BCUT2D eigenvalue weighted by molar-refractivity contribution is 7.91. The number of alkyl halides is 2. The van der Waals surface area contributed by atoms with Crippen LogP contribution in [0.4, 0.5) is 8.78 Å². The molecule has 0 fully saturated rings. The number of hydrogen-bond donors (Lipinski definition) is 2. The van der Waals surface area contributed by atoms with Crippen molar-refractivity contribution in [1.29, 1.82) is 0 Å². The maximum absolute atomic E-state index is 12.4. The second-order valence-electron chi connectivity index (χ2n) is 5.71. The molecule has 0 aliphatic carbocycles. The number of carbonyl (C=O) groups excluding carboxylic acids is 1. The van der Waals surface area contributed by atoms with Gasteiger partial charge in [0, 0.05) is 0 Å². The Kier molecular flexibility index (Phi) is 6.82. The zero-order valence-electron chi connectivity index (χ0n) is 13.2. The Balaban J connectivity index is 2.76. The summed E-state index contributed by atoms with van der Waals surface area (Å²) in [6.07, 6.45) is 0.0868. The van der Waals surface area contributed by atoms with Crippen LogP contribution in [0.1, 0.15) is 25.8 Å². The number of halogens is 2. The van der Waals surface area contributed by atoms with Gasteiger partial charge in [-0.2, -0.15) is 8.78 Å². The Morgan fingerprint density at radius 3 is 2.12 bits per heavy atom. The lowest BCUT2D eigenvalue weighted by molar-refractivity contribution is -0.142. The second-order valence-corrected chi connectivity index (χ2v) is 7.63. The van der Waals surface area contributed by atoms with Gasteiger partial charge in [-0.15, -0.1) is 0 Å². The Labute approximate surface area is 138 Å². The number of amides is 1. The lowest BCUT2D eigenvalue weighted by Gasteiger charge is -2.16. The Morgan fingerprint density at radius 1 is 1.17 bits per heavy atom. The van der Waals surface area contributed by atoms with E-state index >= 15 is 0 Å². The predicted octanol–water partition coefficient (Wildman–Crippen LogP) is 1.84. The summed E-state index contributed by atoms with van der Waals surface area (Å²) in [5.41, 5.74) is 0.384. The molecule has 24 heavy (non-hydrogen) atoms. The first kappa shape index (κ1) is 20.0. The van der Waals surface area contributed by atoms with Crippen LogP contribution in [0, 0.1) is 5.92 Å². The second kappa shape index (κ2) is 8.18. The first-order chi connectivity index (χ1) is 11.0. The third-order valence-corrected chi connectivity index (χ3v) is 4.59. The van der Waals surface area contributed by atoms with Crippen molar-refractivity contribution in [3.8, 4) is 0 Å². The maximum atomic E-state index is 12.4. The molecule has 1 atom stereocenters. The smallest absolute Gasteiger partial charge is 0.341 e. The molecule has 0 bridgehead atoms. The van der Waals surface area contributed by atoms with Crippen molar-refractivity contribution in [2.24, 2.45) is 5.92 Å². The molecule has 0 heterocycles. The Bertz CT molecular complexity index is 686. The Hall–Kier alpha value is -2.03. The molecule has 0 aliphatic heterocycles. The number of nitrogens with one attached hydrogen (secondary N) is 1. The lowest BCUT2D eigenvalue weighted by Crippen LogP contribution is -2.42. The standard InChI is InChI=1S/C15H19F2NO5S/c1-9(2)7-12(14(20)21)18-13(19)8-10-3-5-11(6-4-10)24(22,23)15(16)17/h3-6,9,12,15H,7-8H2,1-2H3,(H,18,19)(H,20,21)/t12-/m0/s1. The lowest BCUT2D eigenvalue weighted by atomic mass is 10.0. The van der Waals surface area contributed by atoms with Gasteiger partial charge in [-0.05, 0) is 30.0 Å². The van der Waals surface area contributed by atoms with Crippen molar-refractivity contribution in [1.82, 2.24) is 5.32 Å². The first-order valence-electron chi connectivity index (χ1n) is 7.17. The van der Waals surface area contributed by atoms with Gasteiger partial charge in [-0.1, -0.05) is 26.0 Å². The van der Waals surface area contributed by atoms with Crippen LogP contribution in [0.3, 0.4) is 0 Å². The molecule has 0 saturated carbocycles. The fourth-order valence-electron chi connectivity index (χ4n) is 2.02. The van der Waals surface area contributed by atoms with E-state index in [1.54, 1.807) is 0 Å². The maximum Gasteiger partial charge on any atom is 0.341 e. The molecular formula is C15H19F2NO5S. The number of carboxylic acid groups (broad SMARTS) is 1. The molecule has 0 saturated heterocycles. The third kappa shape index (κ3) is 5.55. The monoisotopic (exact) mass is 363 g/mol. The van der Waals surface area contributed by atoms with Gasteiger partial charge in [0.1, 0.15) is 6.04 Å². The highest BCUT2D eigenvalue weighted by Gasteiger charge is 2.26. The summed E-state index contributed by atoms with van der Waals surface area (Å²) in [6.45, 7) is 3.65. The van der Waals surface area contributed by atoms with Crippen molar-refractivity contribution in [3.05, 3.63) is 29.8 Å². The fourth-order valence-corrected chi connectivity index (χ4v) is 2.74. The minimum absolute atomic E-state index is 0.0743. The van der Waals surface area contributed by atoms with Gasteiger partial charge >= 0.3 is 11.7 Å². The Morgan fingerprint density at radius 2 is 1.71 bits per heavy atom. The largest absolute Gasteiger partial charge is 0.480 e. The number of carboxylic acids is 1. The molecule has 1 amide bonds. The average Bonchev–Trinajstić information content (AvgIpc) is 2.46. The van der Waals surface area contributed by atoms with Gasteiger partial charge in [-0.25, -0.2) is 13.2 Å². The molecule has 0 unspecified atom stereocenters. The summed E-state index contributed by atoms with van der Waals surface area (Å²) in [5, 5.41) is 11.4. The number of rotatable bonds is 8. The van der Waals surface area contributed by atoms with Gasteiger partial charge in [0.05, 0.1) is 11.3 Å². The van der Waals surface area contributed by atoms with Crippen LogP contribution in [0.15, 0.2) is 29.2 Å². The molecule has 0 aliphatic rings. The van der Waals surface area contributed by atoms with Crippen molar-refractivity contribution in [2.75, 3.05) is 0 Å². The average molecular weight is 363 g/mol. The zero-order valence-corrected chi connectivity index (χ0v) is 14.0. The van der Waals surface area contributed by atoms with Crippen LogP contribution in [-0.2, 0) is 25.8 Å².